The van der Waals surface area contributed by atoms with Crippen molar-refractivity contribution in [1.82, 2.24) is 0 Å². The molecule has 0 saturated heterocycles. The van der Waals surface area contributed by atoms with Crippen LogP contribution in [0.4, 0.5) is 16.4 Å². The lowest BCUT2D eigenvalue weighted by Crippen LogP contribution is -2.25. The Morgan fingerprint density at radius 3 is 2.41 bits per heavy atom. The number of anilines is 3. The summed E-state index contributed by atoms with van der Waals surface area (Å²) in [5.74, 6) is -0.452. The van der Waals surface area contributed by atoms with E-state index in [-0.39, 0.29) is 17.1 Å². The van der Waals surface area contributed by atoms with Crippen molar-refractivity contribution in [1.29, 1.82) is 0 Å². The van der Waals surface area contributed by atoms with Gasteiger partial charge < -0.3 is 20.7 Å². The second kappa shape index (κ2) is 14.5. The van der Waals surface area contributed by atoms with Crippen molar-refractivity contribution >= 4 is 68.7 Å². The van der Waals surface area contributed by atoms with E-state index >= 15 is 0 Å². The van der Waals surface area contributed by atoms with E-state index in [0.717, 1.165) is 53.9 Å². The Morgan fingerprint density at radius 1 is 0.949 bits per heavy atom. The highest BCUT2D eigenvalue weighted by molar-refractivity contribution is 8.00. The molecule has 0 radical (unpaired) electrons. The summed E-state index contributed by atoms with van der Waals surface area (Å²) in [5.41, 5.74) is 3.36. The number of hydrogen-bond acceptors (Lipinski definition) is 6. The maximum absolute atomic E-state index is 13.5. The predicted molar refractivity (Wildman–Crippen MR) is 167 cm³/mol. The summed E-state index contributed by atoms with van der Waals surface area (Å²) in [7, 11) is 0. The van der Waals surface area contributed by atoms with E-state index in [2.05, 4.69) is 16.0 Å². The van der Waals surface area contributed by atoms with Crippen LogP contribution < -0.4 is 16.0 Å². The fourth-order valence-corrected chi connectivity index (χ4v) is 7.10. The zero-order valence-electron chi connectivity index (χ0n) is 22.4. The maximum atomic E-state index is 13.5. The Bertz CT molecular complexity index is 1290. The molecule has 4 rings (SSSR count). The van der Waals surface area contributed by atoms with E-state index in [0.29, 0.717) is 28.7 Å². The van der Waals surface area contributed by atoms with Crippen LogP contribution in [0.2, 0.25) is 0 Å². The van der Waals surface area contributed by atoms with Crippen LogP contribution in [-0.4, -0.2) is 28.8 Å². The molecule has 1 aromatic heterocycles. The van der Waals surface area contributed by atoms with Crippen LogP contribution >= 0.6 is 35.3 Å². The Labute approximate surface area is 244 Å². The third-order valence-corrected chi connectivity index (χ3v) is 9.22. The van der Waals surface area contributed by atoms with E-state index in [1.807, 2.05) is 68.4 Å². The Balaban J connectivity index is 1.46. The van der Waals surface area contributed by atoms with Gasteiger partial charge in [0.25, 0.3) is 0 Å². The first-order valence-electron chi connectivity index (χ1n) is 13.5. The third-order valence-electron chi connectivity index (χ3n) is 6.45. The molecule has 3 aromatic rings. The molecular formula is C30H35N3O3S3. The van der Waals surface area contributed by atoms with Gasteiger partial charge in [0.2, 0.25) is 5.91 Å². The minimum absolute atomic E-state index is 0.109. The molecule has 206 valence electrons. The van der Waals surface area contributed by atoms with Gasteiger partial charge in [-0.15, -0.1) is 23.1 Å². The van der Waals surface area contributed by atoms with E-state index in [1.54, 1.807) is 0 Å². The number of thiocarbonyl (C=S) groups is 1. The van der Waals surface area contributed by atoms with Crippen LogP contribution in [0.1, 0.15) is 66.8 Å². The zero-order valence-corrected chi connectivity index (χ0v) is 24.8. The molecule has 9 heteroatoms. The fourth-order valence-electron chi connectivity index (χ4n) is 4.57. The Kier molecular flexibility index (Phi) is 10.8. The van der Waals surface area contributed by atoms with Crippen LogP contribution in [0.25, 0.3) is 0 Å². The van der Waals surface area contributed by atoms with Crippen molar-refractivity contribution < 1.29 is 14.3 Å². The van der Waals surface area contributed by atoms with Crippen LogP contribution in [0.15, 0.2) is 59.5 Å². The van der Waals surface area contributed by atoms with Gasteiger partial charge >= 0.3 is 5.97 Å². The molecule has 2 aromatic carbocycles. The van der Waals surface area contributed by atoms with Crippen molar-refractivity contribution in [3.05, 3.63) is 70.6 Å². The van der Waals surface area contributed by atoms with Crippen molar-refractivity contribution in [3.8, 4) is 0 Å². The van der Waals surface area contributed by atoms with Crippen molar-refractivity contribution in [2.75, 3.05) is 22.6 Å². The van der Waals surface area contributed by atoms with Gasteiger partial charge in [0, 0.05) is 21.1 Å². The second-order valence-electron chi connectivity index (χ2n) is 9.32. The van der Waals surface area contributed by atoms with Crippen molar-refractivity contribution in [2.24, 2.45) is 0 Å². The number of para-hydroxylation sites is 1. The lowest BCUT2D eigenvalue weighted by atomic mass is 9.96. The Morgan fingerprint density at radius 2 is 1.67 bits per heavy atom. The van der Waals surface area contributed by atoms with Gasteiger partial charge in [-0.05, 0) is 87.1 Å². The molecule has 1 amide bonds. The van der Waals surface area contributed by atoms with Crippen LogP contribution in [0.3, 0.4) is 0 Å². The lowest BCUT2D eigenvalue weighted by molar-refractivity contribution is -0.115. The molecule has 0 fully saturated rings. The highest BCUT2D eigenvalue weighted by Gasteiger charge is 2.28. The number of benzene rings is 2. The van der Waals surface area contributed by atoms with E-state index in [4.69, 9.17) is 17.0 Å². The number of carbonyl (C=O) groups excluding carboxylic acids is 2. The standard InChI is InChI=1S/C30H35N3O3S3/c1-3-24(38-22-16-12-15-21(19-22)32-30(37)31-20-13-8-7-9-14-20)27(34)33-28-26(29(35)36-4-2)23-17-10-5-6-11-18-25(23)39-28/h7-9,12-16,19,24H,3-6,10-11,17-18H2,1-2H3,(H,33,34)(H2,31,32,37). The molecule has 0 spiro atoms. The first-order chi connectivity index (χ1) is 19.0. The summed E-state index contributed by atoms with van der Waals surface area (Å²) < 4.78 is 5.40. The number of ether oxygens (including phenoxy) is 1. The average molecular weight is 582 g/mol. The number of fused-ring (bicyclic) bond motifs is 1. The molecule has 1 aliphatic rings. The normalized spacial score (nSPS) is 13.8. The van der Waals surface area contributed by atoms with E-state index in [9.17, 15) is 9.59 Å². The SMILES string of the molecule is CCOC(=O)c1c(NC(=O)C(CC)Sc2cccc(NC(=S)Nc3ccccc3)c2)sc2c1CCCCCC2. The van der Waals surface area contributed by atoms with E-state index in [1.165, 1.54) is 34.4 Å². The molecule has 1 heterocycles. The molecular weight excluding hydrogens is 547 g/mol. The fraction of sp³-hybridized carbons (Fsp3) is 0.367. The number of thioether (sulfide) groups is 1. The summed E-state index contributed by atoms with van der Waals surface area (Å²) in [5, 5.41) is 10.3. The minimum atomic E-state index is -0.342. The number of nitrogens with one attached hydrogen (secondary N) is 3. The summed E-state index contributed by atoms with van der Waals surface area (Å²) in [4.78, 5) is 28.6. The zero-order chi connectivity index (χ0) is 27.6. The molecule has 1 atom stereocenters. The molecule has 1 aliphatic carbocycles. The first-order valence-corrected chi connectivity index (χ1v) is 15.6. The molecule has 6 nitrogen and oxygen atoms in total. The van der Waals surface area contributed by atoms with Gasteiger partial charge in [-0.3, -0.25) is 4.79 Å². The highest BCUT2D eigenvalue weighted by Crippen LogP contribution is 2.38. The number of aryl methyl sites for hydroxylation is 1. The molecule has 3 N–H and O–H groups in total. The maximum Gasteiger partial charge on any atom is 0.341 e. The lowest BCUT2D eigenvalue weighted by Gasteiger charge is -2.16. The second-order valence-corrected chi connectivity index (χ2v) is 12.1. The number of amides is 1. The summed E-state index contributed by atoms with van der Waals surface area (Å²) in [6, 6.07) is 17.6. The minimum Gasteiger partial charge on any atom is -0.462 e. The summed E-state index contributed by atoms with van der Waals surface area (Å²) in [6.45, 7) is 4.11. The average Bonchev–Trinajstić information content (AvgIpc) is 3.23. The van der Waals surface area contributed by atoms with Crippen molar-refractivity contribution in [2.45, 2.75) is 68.9 Å². The van der Waals surface area contributed by atoms with Gasteiger partial charge in [-0.25, -0.2) is 4.79 Å². The molecule has 0 aliphatic heterocycles. The number of hydrogen-bond donors (Lipinski definition) is 3. The quantitative estimate of drug-likeness (QED) is 0.135. The van der Waals surface area contributed by atoms with Crippen molar-refractivity contribution in [3.63, 3.8) is 0 Å². The summed E-state index contributed by atoms with van der Waals surface area (Å²) in [6.07, 6.45) is 6.94. The molecule has 0 saturated carbocycles. The van der Waals surface area contributed by atoms with Gasteiger partial charge in [-0.1, -0.05) is 44.0 Å². The largest absolute Gasteiger partial charge is 0.462 e. The topological polar surface area (TPSA) is 79.5 Å². The van der Waals surface area contributed by atoms with Gasteiger partial charge in [0.1, 0.15) is 5.00 Å². The molecule has 1 unspecified atom stereocenters. The van der Waals surface area contributed by atoms with Crippen LogP contribution in [0, 0.1) is 0 Å². The monoisotopic (exact) mass is 581 g/mol. The molecule has 0 bridgehead atoms. The number of rotatable bonds is 9. The number of carbonyl (C=O) groups is 2. The highest BCUT2D eigenvalue weighted by atomic mass is 32.2. The first kappa shape index (κ1) is 29.1. The van der Waals surface area contributed by atoms with Crippen LogP contribution in [-0.2, 0) is 22.4 Å². The molecule has 39 heavy (non-hydrogen) atoms. The third kappa shape index (κ3) is 8.06. The Hall–Kier alpha value is -2.88. The van der Waals surface area contributed by atoms with Gasteiger partial charge in [0.15, 0.2) is 5.11 Å². The van der Waals surface area contributed by atoms with Gasteiger partial charge in [0.05, 0.1) is 17.4 Å². The number of esters is 1. The summed E-state index contributed by atoms with van der Waals surface area (Å²) >= 11 is 8.50. The number of thiophene rings is 1. The van der Waals surface area contributed by atoms with Gasteiger partial charge in [-0.2, -0.15) is 0 Å². The smallest absolute Gasteiger partial charge is 0.341 e. The predicted octanol–water partition coefficient (Wildman–Crippen LogP) is 7.90. The van der Waals surface area contributed by atoms with Crippen LogP contribution in [0.5, 0.6) is 0 Å². The van der Waals surface area contributed by atoms with E-state index < -0.39 is 0 Å².